The number of fused-ring (bicyclic) bond motifs is 1. The molecule has 0 bridgehead atoms. The van der Waals surface area contributed by atoms with Gasteiger partial charge in [0.15, 0.2) is 0 Å². The van der Waals surface area contributed by atoms with Gasteiger partial charge in [-0.2, -0.15) is 0 Å². The highest BCUT2D eigenvalue weighted by Crippen LogP contribution is 2.06. The maximum absolute atomic E-state index is 3.15. The van der Waals surface area contributed by atoms with Crippen LogP contribution in [0.1, 0.15) is 5.69 Å². The lowest BCUT2D eigenvalue weighted by Crippen LogP contribution is -1.82. The van der Waals surface area contributed by atoms with Crippen LogP contribution >= 0.6 is 0 Å². The highest BCUT2D eigenvalue weighted by Gasteiger charge is 1.92. The van der Waals surface area contributed by atoms with Crippen LogP contribution in [0, 0.1) is 13.0 Å². The molecule has 1 nitrogen and oxygen atoms in total. The Morgan fingerprint density at radius 2 is 2.30 bits per heavy atom. The van der Waals surface area contributed by atoms with Gasteiger partial charge in [0.05, 0.1) is 5.52 Å². The number of hydrogen-bond donors (Lipinski definition) is 0. The fourth-order valence-electron chi connectivity index (χ4n) is 1.12. The van der Waals surface area contributed by atoms with Gasteiger partial charge in [0.1, 0.15) is 0 Å². The Labute approximate surface area is 59.9 Å². The van der Waals surface area contributed by atoms with Crippen molar-refractivity contribution in [1.29, 1.82) is 0 Å². The minimum absolute atomic E-state index is 1.14. The molecule has 2 heterocycles. The van der Waals surface area contributed by atoms with E-state index < -0.39 is 0 Å². The molecule has 0 spiro atoms. The molecule has 2 aromatic rings. The summed E-state index contributed by atoms with van der Waals surface area (Å²) in [5.41, 5.74) is 2.37. The molecule has 2 aromatic heterocycles. The first kappa shape index (κ1) is 5.54. The van der Waals surface area contributed by atoms with Gasteiger partial charge in [0.2, 0.25) is 0 Å². The smallest absolute Gasteiger partial charge is 0.0531 e. The third kappa shape index (κ3) is 0.637. The molecule has 0 aliphatic carbocycles. The molecule has 1 heteroatoms. The van der Waals surface area contributed by atoms with Crippen LogP contribution in [0.4, 0.5) is 0 Å². The van der Waals surface area contributed by atoms with Crippen LogP contribution in [0.3, 0.4) is 0 Å². The molecule has 10 heavy (non-hydrogen) atoms. The summed E-state index contributed by atoms with van der Waals surface area (Å²) in [5.74, 6) is 0. The third-order valence-corrected chi connectivity index (χ3v) is 1.67. The summed E-state index contributed by atoms with van der Waals surface area (Å²) >= 11 is 0. The van der Waals surface area contributed by atoms with Crippen LogP contribution in [0.25, 0.3) is 5.52 Å². The summed E-state index contributed by atoms with van der Waals surface area (Å²) < 4.78 is 2.11. The van der Waals surface area contributed by atoms with E-state index in [0.29, 0.717) is 0 Å². The van der Waals surface area contributed by atoms with Gasteiger partial charge in [-0.3, -0.25) is 0 Å². The molecule has 49 valence electrons. The lowest BCUT2D eigenvalue weighted by atomic mass is 10.4. The van der Waals surface area contributed by atoms with Crippen LogP contribution in [-0.2, 0) is 0 Å². The zero-order valence-corrected chi connectivity index (χ0v) is 5.83. The van der Waals surface area contributed by atoms with E-state index in [1.165, 1.54) is 5.69 Å². The normalized spacial score (nSPS) is 10.5. The van der Waals surface area contributed by atoms with Crippen molar-refractivity contribution in [3.63, 3.8) is 0 Å². The van der Waals surface area contributed by atoms with Crippen LogP contribution in [0.15, 0.2) is 30.5 Å². The van der Waals surface area contributed by atoms with Gasteiger partial charge in [-0.25, -0.2) is 0 Å². The summed E-state index contributed by atoms with van der Waals surface area (Å²) in [4.78, 5) is 0. The quantitative estimate of drug-likeness (QED) is 0.514. The van der Waals surface area contributed by atoms with Crippen molar-refractivity contribution in [2.45, 2.75) is 6.92 Å². The second-order valence-electron chi connectivity index (χ2n) is 2.39. The molecule has 0 atom stereocenters. The van der Waals surface area contributed by atoms with E-state index in [1.807, 2.05) is 30.5 Å². The van der Waals surface area contributed by atoms with Gasteiger partial charge in [0.25, 0.3) is 0 Å². The first-order valence-electron chi connectivity index (χ1n) is 3.32. The van der Waals surface area contributed by atoms with Crippen molar-refractivity contribution in [2.24, 2.45) is 0 Å². The first-order valence-corrected chi connectivity index (χ1v) is 3.32. The lowest BCUT2D eigenvalue weighted by molar-refractivity contribution is 1.11. The van der Waals surface area contributed by atoms with Gasteiger partial charge >= 0.3 is 0 Å². The predicted molar refractivity (Wildman–Crippen MR) is 41.0 cm³/mol. The maximum Gasteiger partial charge on any atom is 0.0531 e. The Balaban J connectivity index is 2.93. The molecule has 0 N–H and O–H groups in total. The Morgan fingerprint density at radius 3 is 3.10 bits per heavy atom. The molecular weight excluding hydrogens is 122 g/mol. The van der Waals surface area contributed by atoms with E-state index in [2.05, 4.69) is 17.4 Å². The summed E-state index contributed by atoms with van der Waals surface area (Å²) in [6.45, 7) is 2.07. The van der Waals surface area contributed by atoms with Crippen molar-refractivity contribution in [1.82, 2.24) is 4.40 Å². The van der Waals surface area contributed by atoms with Gasteiger partial charge in [-0.15, -0.1) is 0 Å². The van der Waals surface area contributed by atoms with Crippen molar-refractivity contribution in [2.75, 3.05) is 0 Å². The van der Waals surface area contributed by atoms with E-state index in [4.69, 9.17) is 0 Å². The summed E-state index contributed by atoms with van der Waals surface area (Å²) in [6, 6.07) is 11.2. The van der Waals surface area contributed by atoms with Crippen molar-refractivity contribution in [3.05, 3.63) is 42.2 Å². The van der Waals surface area contributed by atoms with Crippen LogP contribution < -0.4 is 0 Å². The van der Waals surface area contributed by atoms with Gasteiger partial charge in [-0.05, 0) is 25.1 Å². The number of rotatable bonds is 0. The Hall–Kier alpha value is -1.24. The van der Waals surface area contributed by atoms with Crippen molar-refractivity contribution in [3.8, 4) is 0 Å². The number of aromatic nitrogens is 1. The summed E-state index contributed by atoms with van der Waals surface area (Å²) in [5, 5.41) is 0. The van der Waals surface area contributed by atoms with Crippen LogP contribution in [0.2, 0.25) is 0 Å². The zero-order chi connectivity index (χ0) is 6.97. The Kier molecular flexibility index (Phi) is 1.04. The average Bonchev–Trinajstić information content (AvgIpc) is 2.34. The number of hydrogen-bond acceptors (Lipinski definition) is 0. The van der Waals surface area contributed by atoms with Crippen LogP contribution in [0.5, 0.6) is 0 Å². The molecule has 0 aliphatic rings. The van der Waals surface area contributed by atoms with Crippen LogP contribution in [-0.4, -0.2) is 4.40 Å². The molecule has 0 unspecified atom stereocenters. The second kappa shape index (κ2) is 1.87. The minimum Gasteiger partial charge on any atom is -0.321 e. The third-order valence-electron chi connectivity index (χ3n) is 1.67. The van der Waals surface area contributed by atoms with E-state index >= 15 is 0 Å². The average molecular weight is 130 g/mol. The summed E-state index contributed by atoms with van der Waals surface area (Å²) in [6.07, 6.45) is 2.04. The highest BCUT2D eigenvalue weighted by molar-refractivity contribution is 5.47. The highest BCUT2D eigenvalue weighted by atomic mass is 14.9. The SMILES string of the molecule is Cc1c[c]c2ccccn12. The number of aryl methyl sites for hydroxylation is 1. The van der Waals surface area contributed by atoms with Gasteiger partial charge in [0, 0.05) is 18.0 Å². The minimum atomic E-state index is 1.14. The molecule has 0 saturated carbocycles. The molecule has 0 aliphatic heterocycles. The fraction of sp³-hybridized carbons (Fsp3) is 0.111. The Bertz CT molecular complexity index is 346. The largest absolute Gasteiger partial charge is 0.321 e. The Morgan fingerprint density at radius 1 is 1.40 bits per heavy atom. The monoisotopic (exact) mass is 130 g/mol. The number of pyridine rings is 1. The zero-order valence-electron chi connectivity index (χ0n) is 5.83. The lowest BCUT2D eigenvalue weighted by Gasteiger charge is -1.93. The van der Waals surface area contributed by atoms with Crippen molar-refractivity contribution < 1.29 is 0 Å². The fourth-order valence-corrected chi connectivity index (χ4v) is 1.12. The molecule has 1 radical (unpaired) electrons. The second-order valence-corrected chi connectivity index (χ2v) is 2.39. The van der Waals surface area contributed by atoms with E-state index in [9.17, 15) is 0 Å². The molecule has 0 saturated heterocycles. The maximum atomic E-state index is 3.15. The molecular formula is C9H8N. The molecule has 0 amide bonds. The molecule has 0 fully saturated rings. The van der Waals surface area contributed by atoms with E-state index in [-0.39, 0.29) is 0 Å². The molecule has 0 aromatic carbocycles. The number of nitrogens with zero attached hydrogens (tertiary/aromatic N) is 1. The summed E-state index contributed by atoms with van der Waals surface area (Å²) in [7, 11) is 0. The standard InChI is InChI=1S/C9H8N/c1-8-5-6-9-4-2-3-7-10(8)9/h2-5,7H,1H3. The topological polar surface area (TPSA) is 4.41 Å². The molecule has 2 rings (SSSR count). The van der Waals surface area contributed by atoms with Gasteiger partial charge < -0.3 is 4.40 Å². The van der Waals surface area contributed by atoms with Gasteiger partial charge in [-0.1, -0.05) is 6.07 Å². The van der Waals surface area contributed by atoms with E-state index in [0.717, 1.165) is 5.52 Å². The van der Waals surface area contributed by atoms with Crippen molar-refractivity contribution >= 4 is 5.52 Å². The first-order chi connectivity index (χ1) is 4.88. The predicted octanol–water partition coefficient (Wildman–Crippen LogP) is 2.05. The van der Waals surface area contributed by atoms with E-state index in [1.54, 1.807) is 0 Å².